The summed E-state index contributed by atoms with van der Waals surface area (Å²) < 4.78 is 2.32. The van der Waals surface area contributed by atoms with Crippen molar-refractivity contribution in [1.82, 2.24) is 4.57 Å². The first-order chi connectivity index (χ1) is 10.6. The van der Waals surface area contributed by atoms with Crippen LogP contribution in [0, 0.1) is 13.8 Å². The molecule has 0 radical (unpaired) electrons. The summed E-state index contributed by atoms with van der Waals surface area (Å²) in [5, 5.41) is 8.70. The Morgan fingerprint density at radius 3 is 2.64 bits per heavy atom. The molecule has 0 aliphatic heterocycles. The minimum absolute atomic E-state index is 0.0408. The van der Waals surface area contributed by atoms with E-state index in [1.807, 2.05) is 0 Å². The Morgan fingerprint density at radius 2 is 1.91 bits per heavy atom. The van der Waals surface area contributed by atoms with Crippen LogP contribution >= 0.6 is 0 Å². The predicted octanol–water partition coefficient (Wildman–Crippen LogP) is 3.14. The van der Waals surface area contributed by atoms with Crippen molar-refractivity contribution in [3.63, 3.8) is 0 Å². The summed E-state index contributed by atoms with van der Waals surface area (Å²) in [7, 11) is 0. The van der Waals surface area contributed by atoms with Crippen LogP contribution < -0.4 is 0 Å². The third-order valence-corrected chi connectivity index (χ3v) is 4.76. The van der Waals surface area contributed by atoms with Crippen LogP contribution in [0.4, 0.5) is 0 Å². The summed E-state index contributed by atoms with van der Waals surface area (Å²) in [6, 6.07) is 0. The van der Waals surface area contributed by atoms with Gasteiger partial charge >= 0.3 is 0 Å². The van der Waals surface area contributed by atoms with Crippen molar-refractivity contribution >= 4 is 11.6 Å². The van der Waals surface area contributed by atoms with Gasteiger partial charge in [0, 0.05) is 49.4 Å². The van der Waals surface area contributed by atoms with Crippen molar-refractivity contribution in [2.24, 2.45) is 0 Å². The summed E-state index contributed by atoms with van der Waals surface area (Å²) in [5.41, 5.74) is 4.57. The van der Waals surface area contributed by atoms with Gasteiger partial charge in [0.05, 0.1) is 0 Å². The van der Waals surface area contributed by atoms with Crippen molar-refractivity contribution in [3.05, 3.63) is 22.5 Å². The van der Waals surface area contributed by atoms with E-state index in [1.54, 1.807) is 0 Å². The molecule has 0 unspecified atom stereocenters. The number of carbonyl (C=O) groups is 2. The van der Waals surface area contributed by atoms with E-state index in [0.29, 0.717) is 18.6 Å². The summed E-state index contributed by atoms with van der Waals surface area (Å²) in [4.78, 5) is 23.5. The van der Waals surface area contributed by atoms with Gasteiger partial charge in [-0.05, 0) is 45.1 Å². The Kier molecular flexibility index (Phi) is 5.95. The van der Waals surface area contributed by atoms with E-state index in [1.165, 1.54) is 11.4 Å². The Labute approximate surface area is 132 Å². The van der Waals surface area contributed by atoms with Gasteiger partial charge in [0.15, 0.2) is 5.78 Å². The van der Waals surface area contributed by atoms with Gasteiger partial charge in [-0.15, -0.1) is 0 Å². The first kappa shape index (κ1) is 16.9. The van der Waals surface area contributed by atoms with E-state index < -0.39 is 0 Å². The molecule has 0 atom stereocenters. The highest BCUT2D eigenvalue weighted by molar-refractivity contribution is 6.00. The van der Waals surface area contributed by atoms with Crippen molar-refractivity contribution in [3.8, 4) is 0 Å². The highest BCUT2D eigenvalue weighted by Gasteiger charge is 2.25. The normalized spacial score (nSPS) is 14.2. The molecule has 1 aliphatic carbocycles. The number of rotatable bonds is 8. The number of unbranched alkanes of at least 4 members (excludes halogenated alkanes) is 2. The van der Waals surface area contributed by atoms with Crippen LogP contribution in [-0.2, 0) is 17.8 Å². The molecular weight excluding hydrogens is 278 g/mol. The Balaban J connectivity index is 1.90. The van der Waals surface area contributed by atoms with Gasteiger partial charge < -0.3 is 9.67 Å². The van der Waals surface area contributed by atoms with E-state index in [4.69, 9.17) is 5.11 Å². The van der Waals surface area contributed by atoms with Gasteiger partial charge in [0.2, 0.25) is 0 Å². The molecule has 1 N–H and O–H groups in total. The van der Waals surface area contributed by atoms with E-state index in [0.717, 1.165) is 49.8 Å². The molecule has 0 amide bonds. The monoisotopic (exact) mass is 305 g/mol. The molecule has 0 aromatic carbocycles. The molecule has 22 heavy (non-hydrogen) atoms. The van der Waals surface area contributed by atoms with Crippen molar-refractivity contribution in [2.45, 2.75) is 71.8 Å². The quantitative estimate of drug-likeness (QED) is 0.751. The lowest BCUT2D eigenvalue weighted by molar-refractivity contribution is -0.119. The second-order valence-corrected chi connectivity index (χ2v) is 6.28. The van der Waals surface area contributed by atoms with Crippen molar-refractivity contribution < 1.29 is 14.7 Å². The number of nitrogens with zero attached hydrogens (tertiary/aromatic N) is 1. The number of aromatic nitrogens is 1. The number of hydrogen-bond donors (Lipinski definition) is 1. The second kappa shape index (κ2) is 7.73. The molecule has 0 saturated heterocycles. The molecule has 0 fully saturated rings. The molecule has 2 rings (SSSR count). The fourth-order valence-corrected chi connectivity index (χ4v) is 3.43. The molecule has 1 heterocycles. The molecule has 0 saturated carbocycles. The van der Waals surface area contributed by atoms with Crippen LogP contribution in [0.25, 0.3) is 0 Å². The van der Waals surface area contributed by atoms with E-state index in [2.05, 4.69) is 18.4 Å². The summed E-state index contributed by atoms with van der Waals surface area (Å²) >= 11 is 0. The number of carbonyl (C=O) groups excluding carboxylic acids is 2. The molecule has 4 heteroatoms. The first-order valence-corrected chi connectivity index (χ1v) is 8.40. The first-order valence-electron chi connectivity index (χ1n) is 8.40. The predicted molar refractivity (Wildman–Crippen MR) is 86.4 cm³/mol. The van der Waals surface area contributed by atoms with Crippen LogP contribution in [0.2, 0.25) is 0 Å². The van der Waals surface area contributed by atoms with Crippen molar-refractivity contribution in [2.75, 3.05) is 6.61 Å². The van der Waals surface area contributed by atoms with Crippen LogP contribution in [0.3, 0.4) is 0 Å². The number of fused-ring (bicyclic) bond motifs is 1. The van der Waals surface area contributed by atoms with E-state index >= 15 is 0 Å². The highest BCUT2D eigenvalue weighted by atomic mass is 16.3. The molecule has 1 aliphatic rings. The average molecular weight is 305 g/mol. The maximum Gasteiger partial charge on any atom is 0.164 e. The highest BCUT2D eigenvalue weighted by Crippen LogP contribution is 2.29. The van der Waals surface area contributed by atoms with Gasteiger partial charge in [0.1, 0.15) is 5.78 Å². The van der Waals surface area contributed by atoms with Crippen LogP contribution in [0.1, 0.15) is 72.3 Å². The van der Waals surface area contributed by atoms with Gasteiger partial charge in [-0.2, -0.15) is 0 Å². The van der Waals surface area contributed by atoms with Crippen molar-refractivity contribution in [1.29, 1.82) is 0 Å². The number of Topliss-reactive ketones (excluding diaryl/α,β-unsaturated/α-hetero) is 2. The lowest BCUT2D eigenvalue weighted by Gasteiger charge is -2.16. The third kappa shape index (κ3) is 3.67. The fourth-order valence-electron chi connectivity index (χ4n) is 3.43. The number of aliphatic hydroxyl groups is 1. The zero-order valence-electron chi connectivity index (χ0n) is 13.8. The van der Waals surface area contributed by atoms with Gasteiger partial charge in [-0.25, -0.2) is 0 Å². The third-order valence-electron chi connectivity index (χ3n) is 4.76. The molecular formula is C18H27NO3. The zero-order valence-corrected chi connectivity index (χ0v) is 13.8. The number of hydrogen-bond acceptors (Lipinski definition) is 3. The Bertz CT molecular complexity index is 557. The van der Waals surface area contributed by atoms with E-state index in [9.17, 15) is 9.59 Å². The standard InChI is InChI=1S/C18H27NO3/c1-13-14(2)19(16-8-6-9-17(22)18(13)16)11-5-3-4-7-15(21)10-12-20/h20H,3-12H2,1-2H3. The lowest BCUT2D eigenvalue weighted by Crippen LogP contribution is -2.14. The van der Waals surface area contributed by atoms with Gasteiger partial charge in [0.25, 0.3) is 0 Å². The summed E-state index contributed by atoms with van der Waals surface area (Å²) in [6.07, 6.45) is 6.43. The topological polar surface area (TPSA) is 59.3 Å². The SMILES string of the molecule is Cc1c2c(n(CCCCCC(=O)CCO)c1C)CCCC2=O. The van der Waals surface area contributed by atoms with Crippen LogP contribution in [-0.4, -0.2) is 27.8 Å². The van der Waals surface area contributed by atoms with Crippen LogP contribution in [0.5, 0.6) is 0 Å². The lowest BCUT2D eigenvalue weighted by atomic mass is 9.94. The molecule has 0 spiro atoms. The molecule has 1 aromatic heterocycles. The minimum atomic E-state index is -0.0408. The maximum absolute atomic E-state index is 12.1. The summed E-state index contributed by atoms with van der Waals surface area (Å²) in [6.45, 7) is 5.05. The largest absolute Gasteiger partial charge is 0.396 e. The summed E-state index contributed by atoms with van der Waals surface area (Å²) in [5.74, 6) is 0.452. The van der Waals surface area contributed by atoms with E-state index in [-0.39, 0.29) is 18.8 Å². The Morgan fingerprint density at radius 1 is 1.14 bits per heavy atom. The average Bonchev–Trinajstić information content (AvgIpc) is 2.73. The molecule has 122 valence electrons. The smallest absolute Gasteiger partial charge is 0.164 e. The van der Waals surface area contributed by atoms with Gasteiger partial charge in [-0.3, -0.25) is 9.59 Å². The van der Waals surface area contributed by atoms with Gasteiger partial charge in [-0.1, -0.05) is 6.42 Å². The molecule has 1 aromatic rings. The maximum atomic E-state index is 12.1. The number of aliphatic hydroxyl groups excluding tert-OH is 1. The zero-order chi connectivity index (χ0) is 16.1. The Hall–Kier alpha value is -1.42. The second-order valence-electron chi connectivity index (χ2n) is 6.28. The van der Waals surface area contributed by atoms with Crippen LogP contribution in [0.15, 0.2) is 0 Å². The fraction of sp³-hybridized carbons (Fsp3) is 0.667. The molecule has 0 bridgehead atoms. The number of ketones is 2. The minimum Gasteiger partial charge on any atom is -0.396 e. The molecule has 4 nitrogen and oxygen atoms in total.